The van der Waals surface area contributed by atoms with Crippen molar-refractivity contribution in [1.29, 1.82) is 0 Å². The molecule has 17 heavy (non-hydrogen) atoms. The van der Waals surface area contributed by atoms with E-state index in [1.54, 1.807) is 11.3 Å². The first-order valence-electron chi connectivity index (χ1n) is 6.60. The highest BCUT2D eigenvalue weighted by atomic mass is 79.9. The number of rotatable bonds is 8. The van der Waals surface area contributed by atoms with Crippen LogP contribution in [0.4, 0.5) is 0 Å². The molecule has 0 radical (unpaired) electrons. The van der Waals surface area contributed by atoms with Crippen molar-refractivity contribution >= 4 is 27.3 Å². The van der Waals surface area contributed by atoms with Crippen LogP contribution in [0.2, 0.25) is 0 Å². The summed E-state index contributed by atoms with van der Waals surface area (Å²) >= 11 is 5.33. The van der Waals surface area contributed by atoms with Gasteiger partial charge in [0.05, 0.1) is 3.79 Å². The highest BCUT2D eigenvalue weighted by molar-refractivity contribution is 9.11. The Hall–Kier alpha value is 0.140. The summed E-state index contributed by atoms with van der Waals surface area (Å²) in [5, 5.41) is 5.93. The fourth-order valence-electron chi connectivity index (χ4n) is 1.94. The fraction of sp³-hybridized carbons (Fsp3) is 0.714. The third kappa shape index (κ3) is 6.03. The molecule has 0 saturated carbocycles. The summed E-state index contributed by atoms with van der Waals surface area (Å²) < 4.78 is 1.24. The Morgan fingerprint density at radius 3 is 2.65 bits per heavy atom. The lowest BCUT2D eigenvalue weighted by molar-refractivity contribution is 0.448. The maximum Gasteiger partial charge on any atom is 0.0701 e. The van der Waals surface area contributed by atoms with Crippen LogP contribution < -0.4 is 5.32 Å². The van der Waals surface area contributed by atoms with E-state index in [1.807, 2.05) is 0 Å². The second-order valence-electron chi connectivity index (χ2n) is 5.02. The summed E-state index contributed by atoms with van der Waals surface area (Å²) in [6.45, 7) is 7.94. The van der Waals surface area contributed by atoms with E-state index in [9.17, 15) is 0 Å². The molecule has 0 bridgehead atoms. The Labute approximate surface area is 118 Å². The third-order valence-electron chi connectivity index (χ3n) is 2.91. The second-order valence-corrected chi connectivity index (χ2v) is 7.31. The molecule has 1 unspecified atom stereocenters. The molecule has 0 spiro atoms. The van der Waals surface area contributed by atoms with Gasteiger partial charge < -0.3 is 5.32 Å². The van der Waals surface area contributed by atoms with Crippen LogP contribution in [0.5, 0.6) is 0 Å². The molecule has 1 heterocycles. The smallest absolute Gasteiger partial charge is 0.0701 e. The number of thiophene rings is 1. The van der Waals surface area contributed by atoms with Gasteiger partial charge in [-0.25, -0.2) is 0 Å². The molecule has 0 saturated heterocycles. The molecule has 1 nitrogen and oxygen atoms in total. The Balaban J connectivity index is 2.48. The summed E-state index contributed by atoms with van der Waals surface area (Å²) in [5.74, 6) is 0.816. The normalized spacial score (nSPS) is 13.2. The molecule has 0 aliphatic carbocycles. The van der Waals surface area contributed by atoms with Gasteiger partial charge in [0, 0.05) is 6.04 Å². The minimum Gasteiger partial charge on any atom is -0.310 e. The second kappa shape index (κ2) is 8.28. The zero-order valence-corrected chi connectivity index (χ0v) is 13.5. The van der Waals surface area contributed by atoms with E-state index in [-0.39, 0.29) is 0 Å². The van der Waals surface area contributed by atoms with Crippen molar-refractivity contribution in [2.24, 2.45) is 5.92 Å². The molecule has 1 aromatic heterocycles. The molecule has 0 fully saturated rings. The third-order valence-corrected chi connectivity index (χ3v) is 4.43. The summed E-state index contributed by atoms with van der Waals surface area (Å²) in [7, 11) is 0. The maximum absolute atomic E-state index is 3.66. The minimum atomic E-state index is 0.538. The quantitative estimate of drug-likeness (QED) is 0.679. The van der Waals surface area contributed by atoms with Gasteiger partial charge >= 0.3 is 0 Å². The molecule has 1 aromatic rings. The van der Waals surface area contributed by atoms with Crippen molar-refractivity contribution in [3.8, 4) is 0 Å². The highest BCUT2D eigenvalue weighted by Gasteiger charge is 2.12. The number of halogens is 1. The lowest BCUT2D eigenvalue weighted by Crippen LogP contribution is -2.21. The summed E-state index contributed by atoms with van der Waals surface area (Å²) in [6.07, 6.45) is 5.09. The molecule has 1 rings (SSSR count). The predicted molar refractivity (Wildman–Crippen MR) is 81.7 cm³/mol. The zero-order valence-electron chi connectivity index (χ0n) is 11.1. The van der Waals surface area contributed by atoms with Crippen molar-refractivity contribution in [1.82, 2.24) is 5.32 Å². The number of nitrogens with one attached hydrogen (secondary N) is 1. The van der Waals surface area contributed by atoms with Crippen molar-refractivity contribution in [3.63, 3.8) is 0 Å². The van der Waals surface area contributed by atoms with E-state index >= 15 is 0 Å². The van der Waals surface area contributed by atoms with E-state index < -0.39 is 0 Å². The first-order chi connectivity index (χ1) is 8.13. The van der Waals surface area contributed by atoms with Crippen LogP contribution in [0, 0.1) is 5.92 Å². The van der Waals surface area contributed by atoms with Gasteiger partial charge in [0.1, 0.15) is 0 Å². The number of hydrogen-bond donors (Lipinski definition) is 1. The first-order valence-corrected chi connectivity index (χ1v) is 8.28. The van der Waals surface area contributed by atoms with Crippen molar-refractivity contribution in [3.05, 3.63) is 20.8 Å². The molecule has 98 valence electrons. The fourth-order valence-corrected chi connectivity index (χ4v) is 3.17. The maximum atomic E-state index is 3.66. The summed E-state index contributed by atoms with van der Waals surface area (Å²) in [6, 6.07) is 2.80. The molecule has 1 atom stereocenters. The lowest BCUT2D eigenvalue weighted by atomic mass is 10.00. The van der Waals surface area contributed by atoms with E-state index in [1.165, 1.54) is 35.0 Å². The van der Waals surface area contributed by atoms with Gasteiger partial charge in [-0.05, 0) is 58.2 Å². The average Bonchev–Trinajstić information content (AvgIpc) is 2.69. The number of hydrogen-bond acceptors (Lipinski definition) is 2. The van der Waals surface area contributed by atoms with E-state index in [0.29, 0.717) is 6.04 Å². The van der Waals surface area contributed by atoms with Gasteiger partial charge in [0.25, 0.3) is 0 Å². The highest BCUT2D eigenvalue weighted by Crippen LogP contribution is 2.28. The summed E-state index contributed by atoms with van der Waals surface area (Å²) in [5.41, 5.74) is 1.44. The van der Waals surface area contributed by atoms with Crippen molar-refractivity contribution in [2.75, 3.05) is 6.54 Å². The van der Waals surface area contributed by atoms with Crippen LogP contribution >= 0.6 is 27.3 Å². The Kier molecular flexibility index (Phi) is 7.40. The standard InChI is InChI=1S/C14H24BrNS/c1-4-8-16-13(7-5-6-11(2)3)12-9-14(15)17-10-12/h9-11,13,16H,4-8H2,1-3H3. The topological polar surface area (TPSA) is 12.0 Å². The van der Waals surface area contributed by atoms with Gasteiger partial charge in [0.2, 0.25) is 0 Å². The summed E-state index contributed by atoms with van der Waals surface area (Å²) in [4.78, 5) is 0. The van der Waals surface area contributed by atoms with E-state index in [0.717, 1.165) is 12.5 Å². The lowest BCUT2D eigenvalue weighted by Gasteiger charge is -2.18. The minimum absolute atomic E-state index is 0.538. The molecule has 0 amide bonds. The van der Waals surface area contributed by atoms with Crippen LogP contribution in [-0.4, -0.2) is 6.54 Å². The van der Waals surface area contributed by atoms with Crippen molar-refractivity contribution < 1.29 is 0 Å². The zero-order chi connectivity index (χ0) is 12.7. The molecule has 3 heteroatoms. The van der Waals surface area contributed by atoms with Crippen LogP contribution in [0.3, 0.4) is 0 Å². The molecule has 0 aromatic carbocycles. The SMILES string of the molecule is CCCNC(CCCC(C)C)c1csc(Br)c1. The van der Waals surface area contributed by atoms with Gasteiger partial charge in [-0.1, -0.05) is 33.6 Å². The van der Waals surface area contributed by atoms with Crippen LogP contribution in [0.25, 0.3) is 0 Å². The van der Waals surface area contributed by atoms with Gasteiger partial charge in [-0.15, -0.1) is 11.3 Å². The predicted octanol–water partition coefficient (Wildman–Crippen LogP) is 5.38. The van der Waals surface area contributed by atoms with Crippen molar-refractivity contribution in [2.45, 2.75) is 52.5 Å². The molecule has 1 N–H and O–H groups in total. The van der Waals surface area contributed by atoms with Crippen LogP contribution in [0.15, 0.2) is 15.2 Å². The van der Waals surface area contributed by atoms with Gasteiger partial charge in [-0.3, -0.25) is 0 Å². The van der Waals surface area contributed by atoms with Crippen LogP contribution in [-0.2, 0) is 0 Å². The Morgan fingerprint density at radius 1 is 1.35 bits per heavy atom. The Bertz CT molecular complexity index is 309. The first kappa shape index (κ1) is 15.2. The monoisotopic (exact) mass is 317 g/mol. The molecular formula is C14H24BrNS. The largest absolute Gasteiger partial charge is 0.310 e. The molecule has 0 aliphatic heterocycles. The Morgan fingerprint density at radius 2 is 2.12 bits per heavy atom. The van der Waals surface area contributed by atoms with Gasteiger partial charge in [0.15, 0.2) is 0 Å². The van der Waals surface area contributed by atoms with E-state index in [2.05, 4.69) is 53.5 Å². The van der Waals surface area contributed by atoms with Gasteiger partial charge in [-0.2, -0.15) is 0 Å². The van der Waals surface area contributed by atoms with E-state index in [4.69, 9.17) is 0 Å². The molecule has 0 aliphatic rings. The molecular weight excluding hydrogens is 294 g/mol. The van der Waals surface area contributed by atoms with Crippen LogP contribution in [0.1, 0.15) is 58.1 Å². The average molecular weight is 318 g/mol.